The number of aromatic nitrogens is 1. The smallest absolute Gasteiger partial charge is 0.411 e. The third-order valence-corrected chi connectivity index (χ3v) is 2.07. The molecule has 0 fully saturated rings. The maximum Gasteiger partial charge on any atom is 0.411 e. The highest BCUT2D eigenvalue weighted by Gasteiger charge is 2.04. The van der Waals surface area contributed by atoms with Crippen molar-refractivity contribution < 1.29 is 9.53 Å². The lowest BCUT2D eigenvalue weighted by Crippen LogP contribution is -2.11. The van der Waals surface area contributed by atoms with Crippen molar-refractivity contribution in [3.05, 3.63) is 36.5 Å². The van der Waals surface area contributed by atoms with Gasteiger partial charge in [-0.1, -0.05) is 6.07 Å². The first-order valence-corrected chi connectivity index (χ1v) is 4.50. The van der Waals surface area contributed by atoms with Gasteiger partial charge in [-0.25, -0.2) is 4.79 Å². The zero-order chi connectivity index (χ0) is 10.7. The summed E-state index contributed by atoms with van der Waals surface area (Å²) in [7, 11) is 1.33. The highest BCUT2D eigenvalue weighted by molar-refractivity contribution is 5.98. The van der Waals surface area contributed by atoms with E-state index in [9.17, 15) is 4.79 Å². The maximum absolute atomic E-state index is 11.1. The summed E-state index contributed by atoms with van der Waals surface area (Å²) >= 11 is 0. The van der Waals surface area contributed by atoms with Gasteiger partial charge in [0, 0.05) is 11.6 Å². The Morgan fingerprint density at radius 1 is 1.33 bits per heavy atom. The van der Waals surface area contributed by atoms with E-state index in [4.69, 9.17) is 0 Å². The van der Waals surface area contributed by atoms with Crippen molar-refractivity contribution in [3.63, 3.8) is 0 Å². The van der Waals surface area contributed by atoms with E-state index in [0.717, 1.165) is 10.9 Å². The number of carbonyl (C=O) groups excluding carboxylic acids is 1. The molecule has 76 valence electrons. The first-order chi connectivity index (χ1) is 7.31. The number of hydrogen-bond acceptors (Lipinski definition) is 3. The average Bonchev–Trinajstić information content (AvgIpc) is 2.29. The standard InChI is InChI=1S/C11H10N2O2/c1-15-11(14)13-10-6-2-5-9-8(10)4-3-7-12-9/h2-7H,1H3,(H,13,14). The Kier molecular flexibility index (Phi) is 2.49. The molecule has 1 N–H and O–H groups in total. The fourth-order valence-corrected chi connectivity index (χ4v) is 1.37. The Balaban J connectivity index is 2.46. The number of nitrogens with one attached hydrogen (secondary N) is 1. The van der Waals surface area contributed by atoms with Gasteiger partial charge in [-0.15, -0.1) is 0 Å². The van der Waals surface area contributed by atoms with Gasteiger partial charge in [0.2, 0.25) is 0 Å². The van der Waals surface area contributed by atoms with Gasteiger partial charge in [-0.2, -0.15) is 0 Å². The lowest BCUT2D eigenvalue weighted by Gasteiger charge is -2.06. The van der Waals surface area contributed by atoms with Crippen molar-refractivity contribution in [1.29, 1.82) is 0 Å². The molecule has 0 aliphatic carbocycles. The van der Waals surface area contributed by atoms with Crippen LogP contribution in [0.25, 0.3) is 10.9 Å². The van der Waals surface area contributed by atoms with Gasteiger partial charge in [0.1, 0.15) is 0 Å². The van der Waals surface area contributed by atoms with Crippen LogP contribution in [0.1, 0.15) is 0 Å². The van der Waals surface area contributed by atoms with E-state index in [1.165, 1.54) is 7.11 Å². The van der Waals surface area contributed by atoms with Crippen LogP contribution in [0.5, 0.6) is 0 Å². The molecule has 0 aliphatic heterocycles. The molecule has 0 saturated carbocycles. The molecule has 0 saturated heterocycles. The Morgan fingerprint density at radius 2 is 2.20 bits per heavy atom. The zero-order valence-electron chi connectivity index (χ0n) is 8.23. The summed E-state index contributed by atoms with van der Waals surface area (Å²) in [6.07, 6.45) is 1.23. The van der Waals surface area contributed by atoms with Gasteiger partial charge in [0.25, 0.3) is 0 Å². The van der Waals surface area contributed by atoms with Crippen LogP contribution in [0, 0.1) is 0 Å². The second-order valence-corrected chi connectivity index (χ2v) is 2.99. The highest BCUT2D eigenvalue weighted by atomic mass is 16.5. The van der Waals surface area contributed by atoms with Crippen LogP contribution in [0.2, 0.25) is 0 Å². The molecule has 0 spiro atoms. The van der Waals surface area contributed by atoms with E-state index in [1.54, 1.807) is 12.3 Å². The first kappa shape index (κ1) is 9.45. The largest absolute Gasteiger partial charge is 0.453 e. The molecule has 1 heterocycles. The predicted molar refractivity (Wildman–Crippen MR) is 57.8 cm³/mol. The number of fused-ring (bicyclic) bond motifs is 1. The van der Waals surface area contributed by atoms with Gasteiger partial charge in [0.15, 0.2) is 0 Å². The molecule has 0 bridgehead atoms. The fraction of sp³-hybridized carbons (Fsp3) is 0.0909. The fourth-order valence-electron chi connectivity index (χ4n) is 1.37. The SMILES string of the molecule is COC(=O)Nc1cccc2ncccc12. The van der Waals surface area contributed by atoms with E-state index in [2.05, 4.69) is 15.0 Å². The highest BCUT2D eigenvalue weighted by Crippen LogP contribution is 2.21. The van der Waals surface area contributed by atoms with Gasteiger partial charge in [-0.3, -0.25) is 10.3 Å². The van der Waals surface area contributed by atoms with Crippen molar-refractivity contribution in [3.8, 4) is 0 Å². The molecule has 2 aromatic rings. The van der Waals surface area contributed by atoms with Gasteiger partial charge < -0.3 is 4.74 Å². The third-order valence-electron chi connectivity index (χ3n) is 2.07. The van der Waals surface area contributed by atoms with E-state index in [-0.39, 0.29) is 0 Å². The van der Waals surface area contributed by atoms with Crippen LogP contribution in [0.4, 0.5) is 10.5 Å². The zero-order valence-corrected chi connectivity index (χ0v) is 8.23. The summed E-state index contributed by atoms with van der Waals surface area (Å²) in [6.45, 7) is 0. The summed E-state index contributed by atoms with van der Waals surface area (Å²) in [6, 6.07) is 9.25. The molecule has 0 atom stereocenters. The lowest BCUT2D eigenvalue weighted by atomic mass is 10.2. The Morgan fingerprint density at radius 3 is 3.00 bits per heavy atom. The number of ether oxygens (including phenoxy) is 1. The third kappa shape index (κ3) is 1.88. The number of methoxy groups -OCH3 is 1. The molecule has 2 rings (SSSR count). The quantitative estimate of drug-likeness (QED) is 0.772. The van der Waals surface area contributed by atoms with Gasteiger partial charge >= 0.3 is 6.09 Å². The maximum atomic E-state index is 11.1. The summed E-state index contributed by atoms with van der Waals surface area (Å²) in [5.41, 5.74) is 1.54. The summed E-state index contributed by atoms with van der Waals surface area (Å²) in [5, 5.41) is 3.53. The first-order valence-electron chi connectivity index (χ1n) is 4.50. The number of hydrogen-bond donors (Lipinski definition) is 1. The van der Waals surface area contributed by atoms with Gasteiger partial charge in [0.05, 0.1) is 18.3 Å². The molecule has 1 aromatic heterocycles. The number of amides is 1. The van der Waals surface area contributed by atoms with Crippen LogP contribution in [0.15, 0.2) is 36.5 Å². The number of rotatable bonds is 1. The molecule has 4 heteroatoms. The topological polar surface area (TPSA) is 51.2 Å². The summed E-state index contributed by atoms with van der Waals surface area (Å²) < 4.78 is 4.53. The van der Waals surface area contributed by atoms with Crippen molar-refractivity contribution >= 4 is 22.7 Å². The Labute approximate surface area is 86.9 Å². The molecule has 4 nitrogen and oxygen atoms in total. The molecule has 0 aliphatic rings. The Bertz CT molecular complexity index is 491. The molecule has 0 radical (unpaired) electrons. The average molecular weight is 202 g/mol. The van der Waals surface area contributed by atoms with Crippen LogP contribution in [0.3, 0.4) is 0 Å². The molecule has 1 amide bonds. The number of benzene rings is 1. The van der Waals surface area contributed by atoms with Gasteiger partial charge in [-0.05, 0) is 24.3 Å². The molecule has 15 heavy (non-hydrogen) atoms. The van der Waals surface area contributed by atoms with E-state index < -0.39 is 6.09 Å². The van der Waals surface area contributed by atoms with E-state index in [0.29, 0.717) is 5.69 Å². The minimum absolute atomic E-state index is 0.480. The molecule has 1 aromatic carbocycles. The summed E-state index contributed by atoms with van der Waals surface area (Å²) in [4.78, 5) is 15.3. The van der Waals surface area contributed by atoms with Crippen LogP contribution in [-0.4, -0.2) is 18.2 Å². The summed E-state index contributed by atoms with van der Waals surface area (Å²) in [5.74, 6) is 0. The number of pyridine rings is 1. The molecular weight excluding hydrogens is 192 g/mol. The monoisotopic (exact) mass is 202 g/mol. The van der Waals surface area contributed by atoms with Crippen molar-refractivity contribution in [2.75, 3.05) is 12.4 Å². The number of anilines is 1. The second kappa shape index (κ2) is 3.96. The van der Waals surface area contributed by atoms with Crippen LogP contribution in [-0.2, 0) is 4.74 Å². The number of nitrogens with zero attached hydrogens (tertiary/aromatic N) is 1. The predicted octanol–water partition coefficient (Wildman–Crippen LogP) is 2.41. The van der Waals surface area contributed by atoms with E-state index in [1.807, 2.05) is 24.3 Å². The second-order valence-electron chi connectivity index (χ2n) is 2.99. The van der Waals surface area contributed by atoms with Crippen molar-refractivity contribution in [2.24, 2.45) is 0 Å². The lowest BCUT2D eigenvalue weighted by molar-refractivity contribution is 0.187. The normalized spacial score (nSPS) is 9.93. The minimum atomic E-state index is -0.480. The van der Waals surface area contributed by atoms with Crippen LogP contribution < -0.4 is 5.32 Å². The van der Waals surface area contributed by atoms with Crippen LogP contribution >= 0.6 is 0 Å². The van der Waals surface area contributed by atoms with Crippen molar-refractivity contribution in [1.82, 2.24) is 4.98 Å². The van der Waals surface area contributed by atoms with E-state index >= 15 is 0 Å². The number of carbonyl (C=O) groups is 1. The Hall–Kier alpha value is -2.10. The molecule has 0 unspecified atom stereocenters. The minimum Gasteiger partial charge on any atom is -0.453 e. The van der Waals surface area contributed by atoms with Crippen molar-refractivity contribution in [2.45, 2.75) is 0 Å². The molecular formula is C11H10N2O2.